The molecule has 3 unspecified atom stereocenters. The summed E-state index contributed by atoms with van der Waals surface area (Å²) in [7, 11) is 1.42. The summed E-state index contributed by atoms with van der Waals surface area (Å²) in [5.74, 6) is -1.95. The molecule has 1 fully saturated rings. The molecule has 3 atom stereocenters. The maximum Gasteiger partial charge on any atom is 0.410 e. The van der Waals surface area contributed by atoms with E-state index >= 15 is 0 Å². The minimum absolute atomic E-state index is 0.0277. The molecule has 11 heteroatoms. The van der Waals surface area contributed by atoms with E-state index in [0.717, 1.165) is 16.9 Å². The Kier molecular flexibility index (Phi) is 16.4. The first-order valence-corrected chi connectivity index (χ1v) is 16.0. The standard InChI is InChI=1S/C31H41FN4O6.2C2H6/c1-7-8-9-10-19(2)18-42-30(41)35(6)17-26(38)34-28(31(3,4)5)29(40)36-16-21(37)14-25(36)27(39)23-15-33-24-13-20(32)11-12-22(23)24;2*1-2/h8-13,15,21,25,28,33,37H,7,14,16-18H2,1-6H3,(H,34,38);2*1-2H3/b9-8-,19-10+;;. The van der Waals surface area contributed by atoms with E-state index in [9.17, 15) is 28.7 Å². The predicted molar refractivity (Wildman–Crippen MR) is 180 cm³/mol. The van der Waals surface area contributed by atoms with Gasteiger partial charge in [-0.2, -0.15) is 0 Å². The molecule has 2 aromatic rings. The summed E-state index contributed by atoms with van der Waals surface area (Å²) in [6, 6.07) is 1.99. The van der Waals surface area contributed by atoms with E-state index in [4.69, 9.17) is 4.74 Å². The number of aliphatic hydroxyl groups is 1. The molecule has 46 heavy (non-hydrogen) atoms. The highest BCUT2D eigenvalue weighted by Crippen LogP contribution is 2.29. The number of β-amino-alcohol motifs (C(OH)–C–C–N with tert-alkyl or cyclic N) is 1. The van der Waals surface area contributed by atoms with E-state index in [1.54, 1.807) is 20.8 Å². The van der Waals surface area contributed by atoms with Gasteiger partial charge in [0.1, 0.15) is 25.0 Å². The number of halogens is 1. The van der Waals surface area contributed by atoms with Crippen molar-refractivity contribution in [3.63, 3.8) is 0 Å². The molecule has 1 aromatic carbocycles. The quantitative estimate of drug-likeness (QED) is 0.214. The van der Waals surface area contributed by atoms with E-state index in [1.807, 2.05) is 59.8 Å². The number of hydrogen-bond donors (Lipinski definition) is 3. The summed E-state index contributed by atoms with van der Waals surface area (Å²) in [5, 5.41) is 13.7. The van der Waals surface area contributed by atoms with Crippen molar-refractivity contribution in [3.8, 4) is 0 Å². The third-order valence-corrected chi connectivity index (χ3v) is 7.06. The number of amides is 3. The normalized spacial score (nSPS) is 17.0. The average molecular weight is 645 g/mol. The predicted octanol–water partition coefficient (Wildman–Crippen LogP) is 6.02. The molecule has 0 radical (unpaired) electrons. The van der Waals surface area contributed by atoms with Gasteiger partial charge in [0.2, 0.25) is 11.8 Å². The van der Waals surface area contributed by atoms with E-state index in [2.05, 4.69) is 10.3 Å². The van der Waals surface area contributed by atoms with E-state index in [1.165, 1.54) is 36.3 Å². The molecule has 0 spiro atoms. The Hall–Kier alpha value is -3.99. The first-order chi connectivity index (χ1) is 21.7. The van der Waals surface area contributed by atoms with Crippen LogP contribution in [0.2, 0.25) is 0 Å². The lowest BCUT2D eigenvalue weighted by molar-refractivity contribution is -0.140. The van der Waals surface area contributed by atoms with E-state index in [0.29, 0.717) is 10.9 Å². The van der Waals surface area contributed by atoms with Crippen LogP contribution in [-0.4, -0.2) is 88.5 Å². The van der Waals surface area contributed by atoms with Gasteiger partial charge >= 0.3 is 6.09 Å². The second-order valence-electron chi connectivity index (χ2n) is 11.8. The summed E-state index contributed by atoms with van der Waals surface area (Å²) < 4.78 is 18.9. The smallest absolute Gasteiger partial charge is 0.410 e. The largest absolute Gasteiger partial charge is 0.445 e. The molecular formula is C35H53FN4O6. The Bertz CT molecular complexity index is 1380. The van der Waals surface area contributed by atoms with Gasteiger partial charge in [-0.15, -0.1) is 0 Å². The Balaban J connectivity index is 0.00000254. The van der Waals surface area contributed by atoms with Crippen molar-refractivity contribution in [1.29, 1.82) is 0 Å². The number of ketones is 1. The lowest BCUT2D eigenvalue weighted by Gasteiger charge is -2.35. The van der Waals surface area contributed by atoms with Gasteiger partial charge in [-0.25, -0.2) is 9.18 Å². The van der Waals surface area contributed by atoms with Crippen molar-refractivity contribution < 1.29 is 33.4 Å². The number of nitrogens with one attached hydrogen (secondary N) is 2. The number of benzene rings is 1. The lowest BCUT2D eigenvalue weighted by Crippen LogP contribution is -2.58. The summed E-state index contributed by atoms with van der Waals surface area (Å²) >= 11 is 0. The highest BCUT2D eigenvalue weighted by atomic mass is 19.1. The number of likely N-dealkylation sites (tertiary alicyclic amines) is 1. The lowest BCUT2D eigenvalue weighted by atomic mass is 9.85. The van der Waals surface area contributed by atoms with Gasteiger partial charge in [0.25, 0.3) is 0 Å². The van der Waals surface area contributed by atoms with Gasteiger partial charge in [-0.3, -0.25) is 14.4 Å². The second-order valence-corrected chi connectivity index (χ2v) is 11.8. The molecule has 1 aliphatic rings. The number of carbonyl (C=O) groups is 4. The molecule has 10 nitrogen and oxygen atoms in total. The minimum atomic E-state index is -1.05. The summed E-state index contributed by atoms with van der Waals surface area (Å²) in [4.78, 5) is 58.1. The van der Waals surface area contributed by atoms with Gasteiger partial charge < -0.3 is 29.9 Å². The molecule has 0 saturated carbocycles. The summed E-state index contributed by atoms with van der Waals surface area (Å²) in [6.07, 6.45) is 6.45. The van der Waals surface area contributed by atoms with Crippen molar-refractivity contribution in [2.24, 2.45) is 5.41 Å². The van der Waals surface area contributed by atoms with Crippen molar-refractivity contribution in [2.45, 2.75) is 93.3 Å². The first kappa shape index (κ1) is 40.0. The van der Waals surface area contributed by atoms with E-state index in [-0.39, 0.29) is 31.7 Å². The maximum absolute atomic E-state index is 13.8. The highest BCUT2D eigenvalue weighted by molar-refractivity contribution is 6.11. The Labute approximate surface area is 273 Å². The number of ether oxygens (including phenoxy) is 1. The van der Waals surface area contributed by atoms with Crippen LogP contribution in [0.25, 0.3) is 10.9 Å². The van der Waals surface area contributed by atoms with Crippen LogP contribution in [-0.2, 0) is 14.3 Å². The number of Topliss-reactive ketones (excluding diaryl/α,β-unsaturated/α-hetero) is 1. The van der Waals surface area contributed by atoms with Crippen molar-refractivity contribution in [3.05, 3.63) is 59.6 Å². The molecular weight excluding hydrogens is 591 g/mol. The Morgan fingerprint density at radius 1 is 1.20 bits per heavy atom. The first-order valence-electron chi connectivity index (χ1n) is 16.0. The molecule has 3 amide bonds. The molecule has 0 bridgehead atoms. The number of aliphatic hydroxyl groups excluding tert-OH is 1. The third-order valence-electron chi connectivity index (χ3n) is 7.06. The van der Waals surface area contributed by atoms with Crippen LogP contribution in [0.5, 0.6) is 0 Å². The minimum Gasteiger partial charge on any atom is -0.445 e. The fourth-order valence-electron chi connectivity index (χ4n) is 4.79. The number of H-pyrrole nitrogens is 1. The number of likely N-dealkylation sites (N-methyl/N-ethyl adjacent to an activating group) is 1. The molecule has 1 aliphatic heterocycles. The van der Waals surface area contributed by atoms with Crippen molar-refractivity contribution >= 4 is 34.6 Å². The van der Waals surface area contributed by atoms with Gasteiger partial charge in [-0.05, 0) is 42.5 Å². The molecule has 1 aromatic heterocycles. The summed E-state index contributed by atoms with van der Waals surface area (Å²) in [5.41, 5.74) is 0.793. The molecule has 2 heterocycles. The number of nitrogens with zero attached hydrogens (tertiary/aromatic N) is 2. The topological polar surface area (TPSA) is 132 Å². The number of hydrogen-bond acceptors (Lipinski definition) is 6. The second kappa shape index (κ2) is 18.9. The number of carbonyl (C=O) groups excluding carboxylic acids is 4. The third kappa shape index (κ3) is 11.1. The molecule has 0 aliphatic carbocycles. The number of rotatable bonds is 10. The monoisotopic (exact) mass is 644 g/mol. The van der Waals surface area contributed by atoms with Crippen LogP contribution >= 0.6 is 0 Å². The van der Waals surface area contributed by atoms with Crippen LogP contribution < -0.4 is 5.32 Å². The number of fused-ring (bicyclic) bond motifs is 1. The average Bonchev–Trinajstić information content (AvgIpc) is 3.62. The van der Waals surface area contributed by atoms with E-state index < -0.39 is 53.1 Å². The summed E-state index contributed by atoms with van der Waals surface area (Å²) in [6.45, 7) is 16.8. The zero-order chi connectivity index (χ0) is 35.2. The van der Waals surface area contributed by atoms with Gasteiger partial charge in [0.05, 0.1) is 12.1 Å². The zero-order valence-corrected chi connectivity index (χ0v) is 29.1. The molecule has 256 valence electrons. The van der Waals surface area contributed by atoms with Crippen LogP contribution in [0, 0.1) is 11.2 Å². The van der Waals surface area contributed by atoms with Crippen molar-refractivity contribution in [1.82, 2.24) is 20.1 Å². The van der Waals surface area contributed by atoms with Crippen LogP contribution in [0.15, 0.2) is 48.2 Å². The molecule has 3 N–H and O–H groups in total. The highest BCUT2D eigenvalue weighted by Gasteiger charge is 2.45. The van der Waals surface area contributed by atoms with Crippen LogP contribution in [0.4, 0.5) is 9.18 Å². The number of allylic oxidation sites excluding steroid dienone is 3. The number of aromatic amines is 1. The van der Waals surface area contributed by atoms with Gasteiger partial charge in [0, 0.05) is 42.7 Å². The van der Waals surface area contributed by atoms with Gasteiger partial charge in [0.15, 0.2) is 5.78 Å². The SMILES string of the molecule is CC.CC.CC/C=C\C=C(/C)COC(=O)N(C)CC(=O)NC(C(=O)N1CC(O)CC1C(=O)c1c[nH]c2cc(F)ccc12)C(C)(C)C. The zero-order valence-electron chi connectivity index (χ0n) is 29.1. The van der Waals surface area contributed by atoms with Crippen LogP contribution in [0.3, 0.4) is 0 Å². The van der Waals surface area contributed by atoms with Gasteiger partial charge in [-0.1, -0.05) is 73.6 Å². The Morgan fingerprint density at radius 3 is 2.46 bits per heavy atom. The Morgan fingerprint density at radius 2 is 1.85 bits per heavy atom. The molecule has 3 rings (SSSR count). The maximum atomic E-state index is 13.8. The molecule has 1 saturated heterocycles. The number of aromatic nitrogens is 1. The fourth-order valence-corrected chi connectivity index (χ4v) is 4.79. The fraction of sp³-hybridized carbons (Fsp3) is 0.543. The van der Waals surface area contributed by atoms with Crippen LogP contribution in [0.1, 0.15) is 85.5 Å². The van der Waals surface area contributed by atoms with Crippen molar-refractivity contribution in [2.75, 3.05) is 26.7 Å².